The third-order valence-corrected chi connectivity index (χ3v) is 4.46. The molecule has 21 heavy (non-hydrogen) atoms. The number of hydrogen-bond acceptors (Lipinski definition) is 3. The fourth-order valence-electron chi connectivity index (χ4n) is 1.76. The number of carboxylic acids is 1. The predicted octanol–water partition coefficient (Wildman–Crippen LogP) is 3.15. The molecule has 0 amide bonds. The van der Waals surface area contributed by atoms with E-state index in [4.69, 9.17) is 16.7 Å². The van der Waals surface area contributed by atoms with Crippen LogP contribution in [0.25, 0.3) is 0 Å². The smallest absolute Gasteiger partial charge is 0.337 e. The Labute approximate surface area is 127 Å². The van der Waals surface area contributed by atoms with Crippen LogP contribution in [0, 0.1) is 6.92 Å². The van der Waals surface area contributed by atoms with Crippen LogP contribution in [0.5, 0.6) is 0 Å². The summed E-state index contributed by atoms with van der Waals surface area (Å²) in [5.41, 5.74) is 1.04. The largest absolute Gasteiger partial charge is 0.478 e. The number of benzene rings is 2. The second-order valence-electron chi connectivity index (χ2n) is 4.42. The Morgan fingerprint density at radius 3 is 2.52 bits per heavy atom. The van der Waals surface area contributed by atoms with E-state index in [0.717, 1.165) is 11.6 Å². The van der Waals surface area contributed by atoms with Crippen LogP contribution < -0.4 is 4.72 Å². The second-order valence-corrected chi connectivity index (χ2v) is 6.51. The molecule has 5 nitrogen and oxygen atoms in total. The van der Waals surface area contributed by atoms with Gasteiger partial charge in [0.2, 0.25) is 0 Å². The topological polar surface area (TPSA) is 83.5 Å². The van der Waals surface area contributed by atoms with Crippen molar-refractivity contribution in [1.29, 1.82) is 0 Å². The van der Waals surface area contributed by atoms with Gasteiger partial charge in [-0.1, -0.05) is 23.7 Å². The van der Waals surface area contributed by atoms with Gasteiger partial charge >= 0.3 is 5.97 Å². The molecule has 0 heterocycles. The van der Waals surface area contributed by atoms with Crippen molar-refractivity contribution in [3.63, 3.8) is 0 Å². The minimum Gasteiger partial charge on any atom is -0.478 e. The summed E-state index contributed by atoms with van der Waals surface area (Å²) in [6, 6.07) is 10.4. The fraction of sp³-hybridized carbons (Fsp3) is 0.0714. The van der Waals surface area contributed by atoms with Crippen molar-refractivity contribution in [1.82, 2.24) is 0 Å². The van der Waals surface area contributed by atoms with Crippen molar-refractivity contribution in [3.8, 4) is 0 Å². The number of aryl methyl sites for hydroxylation is 1. The lowest BCUT2D eigenvalue weighted by molar-refractivity contribution is 0.0697. The van der Waals surface area contributed by atoms with Gasteiger partial charge in [0.15, 0.2) is 0 Å². The van der Waals surface area contributed by atoms with E-state index in [-0.39, 0.29) is 15.5 Å². The summed E-state index contributed by atoms with van der Waals surface area (Å²) in [4.78, 5) is 10.8. The molecule has 0 saturated heterocycles. The van der Waals surface area contributed by atoms with Gasteiger partial charge in [0, 0.05) is 5.69 Å². The highest BCUT2D eigenvalue weighted by molar-refractivity contribution is 7.92. The van der Waals surface area contributed by atoms with Crippen molar-refractivity contribution in [2.75, 3.05) is 4.72 Å². The molecule has 7 heteroatoms. The Balaban J connectivity index is 2.40. The quantitative estimate of drug-likeness (QED) is 0.904. The number of carbonyl (C=O) groups is 1. The third-order valence-electron chi connectivity index (χ3n) is 2.75. The summed E-state index contributed by atoms with van der Waals surface area (Å²) < 4.78 is 26.9. The highest BCUT2D eigenvalue weighted by Gasteiger charge is 2.18. The summed E-state index contributed by atoms with van der Waals surface area (Å²) >= 11 is 5.73. The van der Waals surface area contributed by atoms with Crippen LogP contribution in [-0.4, -0.2) is 19.5 Å². The van der Waals surface area contributed by atoms with Gasteiger partial charge in [-0.25, -0.2) is 13.2 Å². The number of carboxylic acid groups (broad SMARTS) is 1. The Kier molecular flexibility index (Phi) is 4.20. The van der Waals surface area contributed by atoms with Gasteiger partial charge in [0.1, 0.15) is 0 Å². The highest BCUT2D eigenvalue weighted by atomic mass is 35.5. The molecule has 2 rings (SSSR count). The SMILES string of the molecule is Cc1cccc(NS(=O)(=O)c2ccc(Cl)c(C(=O)O)c2)c1. The van der Waals surface area contributed by atoms with Crippen molar-refractivity contribution in [2.45, 2.75) is 11.8 Å². The van der Waals surface area contributed by atoms with E-state index in [1.165, 1.54) is 12.1 Å². The maximum atomic E-state index is 12.3. The number of nitrogens with one attached hydrogen (secondary N) is 1. The molecule has 0 fully saturated rings. The van der Waals surface area contributed by atoms with Crippen LogP contribution >= 0.6 is 11.6 Å². The van der Waals surface area contributed by atoms with E-state index in [9.17, 15) is 13.2 Å². The van der Waals surface area contributed by atoms with E-state index in [1.54, 1.807) is 18.2 Å². The van der Waals surface area contributed by atoms with Gasteiger partial charge in [-0.15, -0.1) is 0 Å². The molecule has 0 aromatic heterocycles. The molecule has 2 N–H and O–H groups in total. The minimum atomic E-state index is -3.87. The summed E-state index contributed by atoms with van der Waals surface area (Å²) in [5, 5.41) is 8.97. The average Bonchev–Trinajstić information content (AvgIpc) is 2.38. The van der Waals surface area contributed by atoms with Gasteiger partial charge < -0.3 is 5.11 Å². The summed E-state index contributed by atoms with van der Waals surface area (Å²) in [6.07, 6.45) is 0. The molecule has 0 unspecified atom stereocenters. The molecule has 0 radical (unpaired) electrons. The van der Waals surface area contributed by atoms with Gasteiger partial charge in [0.25, 0.3) is 10.0 Å². The Bertz CT molecular complexity index is 802. The Morgan fingerprint density at radius 2 is 1.90 bits per heavy atom. The van der Waals surface area contributed by atoms with Crippen LogP contribution in [0.4, 0.5) is 5.69 Å². The number of aromatic carboxylic acids is 1. The highest BCUT2D eigenvalue weighted by Crippen LogP contribution is 2.22. The van der Waals surface area contributed by atoms with E-state index < -0.39 is 16.0 Å². The Hall–Kier alpha value is -2.05. The molecule has 0 atom stereocenters. The van der Waals surface area contributed by atoms with Crippen LogP contribution in [0.2, 0.25) is 5.02 Å². The molecule has 0 spiro atoms. The van der Waals surface area contributed by atoms with Gasteiger partial charge in [-0.05, 0) is 42.8 Å². The van der Waals surface area contributed by atoms with Gasteiger partial charge in [-0.2, -0.15) is 0 Å². The van der Waals surface area contributed by atoms with E-state index >= 15 is 0 Å². The molecular weight excluding hydrogens is 314 g/mol. The maximum Gasteiger partial charge on any atom is 0.337 e. The number of anilines is 1. The molecule has 110 valence electrons. The first-order valence-corrected chi connectivity index (χ1v) is 7.78. The molecule has 0 aliphatic heterocycles. The van der Waals surface area contributed by atoms with Crippen LogP contribution in [0.1, 0.15) is 15.9 Å². The van der Waals surface area contributed by atoms with E-state index in [2.05, 4.69) is 4.72 Å². The molecule has 0 bridgehead atoms. The number of hydrogen-bond donors (Lipinski definition) is 2. The van der Waals surface area contributed by atoms with Crippen LogP contribution in [-0.2, 0) is 10.0 Å². The zero-order chi connectivity index (χ0) is 15.6. The molecule has 0 saturated carbocycles. The number of rotatable bonds is 4. The monoisotopic (exact) mass is 325 g/mol. The maximum absolute atomic E-state index is 12.3. The van der Waals surface area contributed by atoms with Crippen molar-refractivity contribution < 1.29 is 18.3 Å². The van der Waals surface area contributed by atoms with Crippen molar-refractivity contribution >= 4 is 33.3 Å². The zero-order valence-electron chi connectivity index (χ0n) is 11.0. The fourth-order valence-corrected chi connectivity index (χ4v) is 3.03. The molecule has 0 aliphatic rings. The molecule has 2 aromatic rings. The second kappa shape index (κ2) is 5.75. The normalized spacial score (nSPS) is 11.1. The summed E-state index contributed by atoms with van der Waals surface area (Å²) in [5.74, 6) is -1.28. The lowest BCUT2D eigenvalue weighted by Crippen LogP contribution is -2.14. The standard InChI is InChI=1S/C14H12ClNO4S/c1-9-3-2-4-10(7-9)16-21(19,20)11-5-6-13(15)12(8-11)14(17)18/h2-8,16H,1H3,(H,17,18). The van der Waals surface area contributed by atoms with E-state index in [1.807, 2.05) is 13.0 Å². The molecular formula is C14H12ClNO4S. The molecule has 2 aromatic carbocycles. The van der Waals surface area contributed by atoms with Crippen molar-refractivity contribution in [3.05, 3.63) is 58.6 Å². The molecule has 0 aliphatic carbocycles. The first kappa shape index (κ1) is 15.3. The number of sulfonamides is 1. The average molecular weight is 326 g/mol. The zero-order valence-corrected chi connectivity index (χ0v) is 12.6. The lowest BCUT2D eigenvalue weighted by Gasteiger charge is -2.09. The summed E-state index contributed by atoms with van der Waals surface area (Å²) in [7, 11) is -3.87. The van der Waals surface area contributed by atoms with Gasteiger partial charge in [-0.3, -0.25) is 4.72 Å². The number of halogens is 1. The first-order chi connectivity index (χ1) is 9.79. The predicted molar refractivity (Wildman–Crippen MR) is 80.4 cm³/mol. The Morgan fingerprint density at radius 1 is 1.19 bits per heavy atom. The minimum absolute atomic E-state index is 0.0167. The third kappa shape index (κ3) is 3.53. The summed E-state index contributed by atoms with van der Waals surface area (Å²) in [6.45, 7) is 1.84. The first-order valence-electron chi connectivity index (χ1n) is 5.92. The van der Waals surface area contributed by atoms with E-state index in [0.29, 0.717) is 5.69 Å². The van der Waals surface area contributed by atoms with Crippen molar-refractivity contribution in [2.24, 2.45) is 0 Å². The van der Waals surface area contributed by atoms with Crippen LogP contribution in [0.15, 0.2) is 47.4 Å². The van der Waals surface area contributed by atoms with Gasteiger partial charge in [0.05, 0.1) is 15.5 Å². The van der Waals surface area contributed by atoms with Crippen LogP contribution in [0.3, 0.4) is 0 Å². The lowest BCUT2D eigenvalue weighted by atomic mass is 10.2.